The van der Waals surface area contributed by atoms with Crippen molar-refractivity contribution in [2.75, 3.05) is 13.1 Å². The van der Waals surface area contributed by atoms with Crippen molar-refractivity contribution in [3.8, 4) is 0 Å². The molecule has 1 heterocycles. The second-order valence-electron chi connectivity index (χ2n) is 3.83. The van der Waals surface area contributed by atoms with Crippen LogP contribution in [-0.4, -0.2) is 23.4 Å². The highest BCUT2D eigenvalue weighted by Crippen LogP contribution is 2.18. The van der Waals surface area contributed by atoms with Crippen LogP contribution < -0.4 is 0 Å². The molecule has 1 N–H and O–H groups in total. The molecule has 1 rings (SSSR count). The summed E-state index contributed by atoms with van der Waals surface area (Å²) in [6.07, 6.45) is 7.22. The smallest absolute Gasteiger partial charge is 0.0488 e. The van der Waals surface area contributed by atoms with Crippen LogP contribution in [0.1, 0.15) is 41.0 Å². The van der Waals surface area contributed by atoms with Gasteiger partial charge in [-0.2, -0.15) is 5.06 Å². The molecule has 0 unspecified atom stereocenters. The lowest BCUT2D eigenvalue weighted by Crippen LogP contribution is -2.27. The molecule has 0 saturated carbocycles. The zero-order chi connectivity index (χ0) is 12.6. The number of rotatable bonds is 2. The molecule has 0 spiro atoms. The Morgan fingerprint density at radius 3 is 2.56 bits per heavy atom. The fourth-order valence-electron chi connectivity index (χ4n) is 1.62. The summed E-state index contributed by atoms with van der Waals surface area (Å²) in [5, 5.41) is 10.8. The predicted octanol–water partition coefficient (Wildman–Crippen LogP) is 3.95. The summed E-state index contributed by atoms with van der Waals surface area (Å²) in [5.74, 6) is 0. The summed E-state index contributed by atoms with van der Waals surface area (Å²) in [5.41, 5.74) is 3.87. The second-order valence-corrected chi connectivity index (χ2v) is 3.83. The molecule has 0 radical (unpaired) electrons. The first-order valence-corrected chi connectivity index (χ1v) is 6.07. The van der Waals surface area contributed by atoms with Crippen molar-refractivity contribution in [3.05, 3.63) is 34.9 Å². The molecule has 0 atom stereocenters. The van der Waals surface area contributed by atoms with E-state index >= 15 is 0 Å². The van der Waals surface area contributed by atoms with E-state index in [9.17, 15) is 5.21 Å². The largest absolute Gasteiger partial charge is 0.314 e. The molecule has 0 bridgehead atoms. The summed E-state index contributed by atoms with van der Waals surface area (Å²) in [4.78, 5) is 0. The van der Waals surface area contributed by atoms with E-state index in [1.54, 1.807) is 0 Å². The van der Waals surface area contributed by atoms with Crippen LogP contribution in [0.15, 0.2) is 34.9 Å². The summed E-state index contributed by atoms with van der Waals surface area (Å²) in [6.45, 7) is 11.6. The van der Waals surface area contributed by atoms with Crippen molar-refractivity contribution in [1.82, 2.24) is 5.06 Å². The van der Waals surface area contributed by atoms with Crippen LogP contribution >= 0.6 is 0 Å². The van der Waals surface area contributed by atoms with Crippen LogP contribution in [0.2, 0.25) is 0 Å². The molecule has 0 saturated heterocycles. The van der Waals surface area contributed by atoms with Gasteiger partial charge in [-0.3, -0.25) is 0 Å². The molecule has 0 aromatic carbocycles. The van der Waals surface area contributed by atoms with E-state index in [-0.39, 0.29) is 0 Å². The number of hydrogen-bond acceptors (Lipinski definition) is 2. The topological polar surface area (TPSA) is 23.5 Å². The van der Waals surface area contributed by atoms with Gasteiger partial charge in [0.15, 0.2) is 0 Å². The number of allylic oxidation sites excluding steroid dienone is 3. The van der Waals surface area contributed by atoms with Crippen LogP contribution in [0, 0.1) is 0 Å². The van der Waals surface area contributed by atoms with Crippen LogP contribution in [0.3, 0.4) is 0 Å². The molecule has 16 heavy (non-hydrogen) atoms. The normalized spacial score (nSPS) is 18.8. The lowest BCUT2D eigenvalue weighted by atomic mass is 10.0. The average Bonchev–Trinajstić information content (AvgIpc) is 2.27. The number of hydroxylamine groups is 2. The zero-order valence-electron chi connectivity index (χ0n) is 11.2. The minimum atomic E-state index is 0.653. The summed E-state index contributed by atoms with van der Waals surface area (Å²) in [7, 11) is 0. The first-order chi connectivity index (χ1) is 7.63. The Bertz CT molecular complexity index is 287. The van der Waals surface area contributed by atoms with E-state index in [0.717, 1.165) is 13.0 Å². The van der Waals surface area contributed by atoms with Gasteiger partial charge in [0.2, 0.25) is 0 Å². The molecular weight excluding hydrogens is 198 g/mol. The predicted molar refractivity (Wildman–Crippen MR) is 70.6 cm³/mol. The van der Waals surface area contributed by atoms with Crippen molar-refractivity contribution in [2.45, 2.75) is 41.0 Å². The van der Waals surface area contributed by atoms with E-state index < -0.39 is 0 Å². The Balaban J connectivity index is 0.00000106. The van der Waals surface area contributed by atoms with E-state index in [0.29, 0.717) is 6.54 Å². The van der Waals surface area contributed by atoms with Gasteiger partial charge in [-0.25, -0.2) is 0 Å². The fourth-order valence-corrected chi connectivity index (χ4v) is 1.62. The van der Waals surface area contributed by atoms with Crippen LogP contribution in [-0.2, 0) is 0 Å². The minimum absolute atomic E-state index is 0.653. The van der Waals surface area contributed by atoms with Crippen LogP contribution in [0.5, 0.6) is 0 Å². The fraction of sp³-hybridized carbons (Fsp3) is 0.571. The van der Waals surface area contributed by atoms with Crippen molar-refractivity contribution in [2.24, 2.45) is 0 Å². The maximum absolute atomic E-state index is 9.39. The Morgan fingerprint density at radius 1 is 1.38 bits per heavy atom. The average molecular weight is 223 g/mol. The highest BCUT2D eigenvalue weighted by molar-refractivity contribution is 5.33. The summed E-state index contributed by atoms with van der Waals surface area (Å²) in [6, 6.07) is 0. The Morgan fingerprint density at radius 2 is 2.00 bits per heavy atom. The van der Waals surface area contributed by atoms with Crippen LogP contribution in [0.25, 0.3) is 0 Å². The second kappa shape index (κ2) is 8.31. The van der Waals surface area contributed by atoms with Gasteiger partial charge in [-0.05, 0) is 32.8 Å². The molecule has 0 aromatic rings. The van der Waals surface area contributed by atoms with Crippen LogP contribution in [0.4, 0.5) is 0 Å². The first kappa shape index (κ1) is 15.1. The minimum Gasteiger partial charge on any atom is -0.314 e. The van der Waals surface area contributed by atoms with Crippen molar-refractivity contribution < 1.29 is 5.21 Å². The third-order valence-electron chi connectivity index (χ3n) is 2.48. The molecule has 2 nitrogen and oxygen atoms in total. The zero-order valence-corrected chi connectivity index (χ0v) is 11.2. The third-order valence-corrected chi connectivity index (χ3v) is 2.48. The molecule has 0 fully saturated rings. The third kappa shape index (κ3) is 5.29. The standard InChI is InChI=1S/C12H19NO.C2H6/c1-4-5-10(2)8-12-9-13(14)7-6-11(12)3;1-2/h4-5,8,14H,6-7,9H2,1-3H3;1-2H3/b5-4-,10-8-;. The van der Waals surface area contributed by atoms with Gasteiger partial charge < -0.3 is 5.21 Å². The van der Waals surface area contributed by atoms with Gasteiger partial charge in [-0.1, -0.05) is 43.2 Å². The molecule has 1 aliphatic heterocycles. The molecule has 1 aliphatic rings. The lowest BCUT2D eigenvalue weighted by molar-refractivity contribution is -0.0847. The monoisotopic (exact) mass is 223 g/mol. The number of hydrogen-bond donors (Lipinski definition) is 1. The highest BCUT2D eigenvalue weighted by atomic mass is 16.5. The van der Waals surface area contributed by atoms with Gasteiger partial charge in [-0.15, -0.1) is 0 Å². The molecule has 2 heteroatoms. The SMILES string of the molecule is C/C=C\C(C)=C/C1=C(C)CCN(O)C1.CC. The van der Waals surface area contributed by atoms with Gasteiger partial charge in [0.05, 0.1) is 0 Å². The number of nitrogens with zero attached hydrogens (tertiary/aromatic N) is 1. The highest BCUT2D eigenvalue weighted by Gasteiger charge is 2.12. The van der Waals surface area contributed by atoms with Gasteiger partial charge in [0.25, 0.3) is 0 Å². The Labute approximate surface area is 99.9 Å². The van der Waals surface area contributed by atoms with E-state index in [4.69, 9.17) is 0 Å². The molecule has 0 amide bonds. The summed E-state index contributed by atoms with van der Waals surface area (Å²) >= 11 is 0. The maximum Gasteiger partial charge on any atom is 0.0488 e. The quantitative estimate of drug-likeness (QED) is 0.717. The Hall–Kier alpha value is -0.860. The molecular formula is C14H25NO. The van der Waals surface area contributed by atoms with Crippen molar-refractivity contribution in [1.29, 1.82) is 0 Å². The molecule has 92 valence electrons. The summed E-state index contributed by atoms with van der Waals surface area (Å²) < 4.78 is 0. The van der Waals surface area contributed by atoms with Crippen molar-refractivity contribution >= 4 is 0 Å². The van der Waals surface area contributed by atoms with Gasteiger partial charge >= 0.3 is 0 Å². The van der Waals surface area contributed by atoms with E-state index in [2.05, 4.69) is 26.0 Å². The van der Waals surface area contributed by atoms with Gasteiger partial charge in [0.1, 0.15) is 0 Å². The lowest BCUT2D eigenvalue weighted by Gasteiger charge is -2.23. The van der Waals surface area contributed by atoms with Crippen molar-refractivity contribution in [3.63, 3.8) is 0 Å². The Kier molecular flexibility index (Phi) is 7.86. The first-order valence-electron chi connectivity index (χ1n) is 6.07. The van der Waals surface area contributed by atoms with E-state index in [1.165, 1.54) is 21.8 Å². The van der Waals surface area contributed by atoms with Gasteiger partial charge in [0, 0.05) is 13.1 Å². The maximum atomic E-state index is 9.39. The van der Waals surface area contributed by atoms with E-state index in [1.807, 2.05) is 26.8 Å². The molecule has 0 aromatic heterocycles. The molecule has 0 aliphatic carbocycles.